The van der Waals surface area contributed by atoms with Crippen molar-refractivity contribution in [1.82, 2.24) is 13.9 Å². The maximum absolute atomic E-state index is 13.0. The van der Waals surface area contributed by atoms with Crippen molar-refractivity contribution >= 4 is 27.5 Å². The van der Waals surface area contributed by atoms with Gasteiger partial charge in [0.2, 0.25) is 0 Å². The summed E-state index contributed by atoms with van der Waals surface area (Å²) in [6.45, 7) is 4.73. The molecule has 8 nitrogen and oxygen atoms in total. The van der Waals surface area contributed by atoms with Crippen LogP contribution in [0, 0.1) is 17.0 Å². The fraction of sp³-hybridized carbons (Fsp3) is 0.400. The molecule has 0 amide bonds. The third-order valence-corrected chi connectivity index (χ3v) is 7.24. The van der Waals surface area contributed by atoms with E-state index < -0.39 is 20.3 Å². The lowest BCUT2D eigenvalue weighted by atomic mass is 10.2. The molecule has 0 radical (unpaired) electrons. The largest absolute Gasteiger partial charge is 0.334 e. The topological polar surface area (TPSA) is 98.3 Å². The van der Waals surface area contributed by atoms with Crippen LogP contribution in [0.25, 0.3) is 0 Å². The summed E-state index contributed by atoms with van der Waals surface area (Å²) in [5.74, 6) is 1.31. The highest BCUT2D eigenvalue weighted by molar-refractivity contribution is 8.00. The number of imidazole rings is 1. The second-order valence-corrected chi connectivity index (χ2v) is 8.63. The minimum atomic E-state index is -3.73. The van der Waals surface area contributed by atoms with Gasteiger partial charge < -0.3 is 4.57 Å². The van der Waals surface area contributed by atoms with Gasteiger partial charge in [-0.05, 0) is 31.5 Å². The smallest absolute Gasteiger partial charge is 0.269 e. The van der Waals surface area contributed by atoms with Crippen LogP contribution in [0.4, 0.5) is 5.69 Å². The number of aryl methyl sites for hydroxylation is 2. The normalized spacial score (nSPS) is 18.6. The second-order valence-electron chi connectivity index (χ2n) is 5.60. The van der Waals surface area contributed by atoms with Gasteiger partial charge in [0.05, 0.1) is 10.3 Å². The molecule has 1 atom stereocenters. The molecule has 3 rings (SSSR count). The zero-order chi connectivity index (χ0) is 18.2. The van der Waals surface area contributed by atoms with Gasteiger partial charge in [0.25, 0.3) is 15.7 Å². The molecule has 1 aliphatic rings. The summed E-state index contributed by atoms with van der Waals surface area (Å²) in [6, 6.07) is 6.02. The number of hydrogen-bond donors (Lipinski definition) is 0. The third kappa shape index (κ3) is 3.29. The van der Waals surface area contributed by atoms with E-state index in [1.807, 2.05) is 6.92 Å². The van der Waals surface area contributed by atoms with E-state index in [0.717, 1.165) is 5.56 Å². The Bertz CT molecular complexity index is 893. The predicted octanol–water partition coefficient (Wildman–Crippen LogP) is 2.56. The number of nitro benzene ring substituents is 1. The number of sulfonamides is 1. The molecule has 1 aromatic carbocycles. The molecule has 10 heteroatoms. The fourth-order valence-electron chi connectivity index (χ4n) is 2.77. The lowest BCUT2D eigenvalue weighted by Crippen LogP contribution is -2.30. The zero-order valence-corrected chi connectivity index (χ0v) is 15.5. The molecular weight excluding hydrogens is 364 g/mol. The zero-order valence-electron chi connectivity index (χ0n) is 13.8. The van der Waals surface area contributed by atoms with Gasteiger partial charge >= 0.3 is 0 Å². The second kappa shape index (κ2) is 6.77. The van der Waals surface area contributed by atoms with E-state index in [0.29, 0.717) is 24.7 Å². The van der Waals surface area contributed by atoms with Gasteiger partial charge in [-0.15, -0.1) is 11.8 Å². The van der Waals surface area contributed by atoms with Crippen LogP contribution in [0.5, 0.6) is 0 Å². The third-order valence-electron chi connectivity index (χ3n) is 4.11. The SMILES string of the molecule is CCn1cc(S(=O)(=O)N2CCSC2c2ccc([N+](=O)[O-])cc2)nc1C. The highest BCUT2D eigenvalue weighted by atomic mass is 32.2. The number of hydrogen-bond acceptors (Lipinski definition) is 6. The number of nitrogens with zero attached hydrogens (tertiary/aromatic N) is 4. The van der Waals surface area contributed by atoms with Crippen LogP contribution < -0.4 is 0 Å². The maximum Gasteiger partial charge on any atom is 0.269 e. The minimum Gasteiger partial charge on any atom is -0.334 e. The predicted molar refractivity (Wildman–Crippen MR) is 94.8 cm³/mol. The van der Waals surface area contributed by atoms with Gasteiger partial charge in [-0.1, -0.05) is 0 Å². The van der Waals surface area contributed by atoms with Gasteiger partial charge in [-0.3, -0.25) is 10.1 Å². The first-order chi connectivity index (χ1) is 11.8. The van der Waals surface area contributed by atoms with Crippen molar-refractivity contribution in [3.63, 3.8) is 0 Å². The molecule has 1 aliphatic heterocycles. The summed E-state index contributed by atoms with van der Waals surface area (Å²) in [7, 11) is -3.73. The number of rotatable bonds is 5. The summed E-state index contributed by atoms with van der Waals surface area (Å²) < 4.78 is 29.2. The Kier molecular flexibility index (Phi) is 4.85. The average molecular weight is 382 g/mol. The minimum absolute atomic E-state index is 0.0153. The summed E-state index contributed by atoms with van der Waals surface area (Å²) >= 11 is 1.50. The molecule has 1 saturated heterocycles. The number of non-ortho nitro benzene ring substituents is 1. The van der Waals surface area contributed by atoms with E-state index in [9.17, 15) is 18.5 Å². The van der Waals surface area contributed by atoms with Crippen molar-refractivity contribution in [3.05, 3.63) is 52.0 Å². The molecule has 1 unspecified atom stereocenters. The van der Waals surface area contributed by atoms with E-state index in [1.165, 1.54) is 28.2 Å². The lowest BCUT2D eigenvalue weighted by Gasteiger charge is -2.22. The molecule has 2 heterocycles. The first kappa shape index (κ1) is 17.9. The molecule has 0 saturated carbocycles. The molecule has 2 aromatic rings. The Morgan fingerprint density at radius 1 is 1.36 bits per heavy atom. The van der Waals surface area contributed by atoms with Crippen molar-refractivity contribution in [1.29, 1.82) is 0 Å². The number of aromatic nitrogens is 2. The molecule has 25 heavy (non-hydrogen) atoms. The van der Waals surface area contributed by atoms with Crippen molar-refractivity contribution in [2.75, 3.05) is 12.3 Å². The van der Waals surface area contributed by atoms with Crippen molar-refractivity contribution in [3.8, 4) is 0 Å². The lowest BCUT2D eigenvalue weighted by molar-refractivity contribution is -0.384. The van der Waals surface area contributed by atoms with E-state index >= 15 is 0 Å². The van der Waals surface area contributed by atoms with Crippen molar-refractivity contribution in [2.24, 2.45) is 0 Å². The first-order valence-corrected chi connectivity index (χ1v) is 10.2. The fourth-order valence-corrected chi connectivity index (χ4v) is 6.01. The summed E-state index contributed by atoms with van der Waals surface area (Å²) in [4.78, 5) is 14.5. The highest BCUT2D eigenvalue weighted by Crippen LogP contribution is 2.41. The van der Waals surface area contributed by atoms with E-state index in [2.05, 4.69) is 4.98 Å². The van der Waals surface area contributed by atoms with E-state index in [-0.39, 0.29) is 10.7 Å². The Hall–Kier alpha value is -1.91. The standard InChI is InChI=1S/C15H18N4O4S2/c1-3-17-10-14(16-11(17)2)25(22,23)18-8-9-24-15(18)12-4-6-13(7-5-12)19(20)21/h4-7,10,15H,3,8-9H2,1-2H3. The molecular formula is C15H18N4O4S2. The molecule has 0 spiro atoms. The van der Waals surface area contributed by atoms with Crippen LogP contribution in [0.1, 0.15) is 23.7 Å². The van der Waals surface area contributed by atoms with Crippen molar-refractivity contribution < 1.29 is 13.3 Å². The summed E-state index contributed by atoms with van der Waals surface area (Å²) in [5, 5.41) is 10.4. The molecule has 0 aliphatic carbocycles. The van der Waals surface area contributed by atoms with Crippen LogP contribution in [0.2, 0.25) is 0 Å². The molecule has 0 bridgehead atoms. The van der Waals surface area contributed by atoms with Crippen LogP contribution in [0.15, 0.2) is 35.5 Å². The summed E-state index contributed by atoms with van der Waals surface area (Å²) in [6.07, 6.45) is 1.56. The Morgan fingerprint density at radius 2 is 2.04 bits per heavy atom. The molecule has 1 fully saturated rings. The summed E-state index contributed by atoms with van der Waals surface area (Å²) in [5.41, 5.74) is 0.710. The van der Waals surface area contributed by atoms with E-state index in [4.69, 9.17) is 0 Å². The van der Waals surface area contributed by atoms with Gasteiger partial charge in [0.15, 0.2) is 5.03 Å². The number of benzene rings is 1. The average Bonchev–Trinajstić information content (AvgIpc) is 3.22. The monoisotopic (exact) mass is 382 g/mol. The Balaban J connectivity index is 1.93. The quantitative estimate of drug-likeness (QED) is 0.582. The highest BCUT2D eigenvalue weighted by Gasteiger charge is 2.38. The Labute approximate surface area is 150 Å². The molecule has 1 aromatic heterocycles. The van der Waals surface area contributed by atoms with Crippen LogP contribution in [-0.4, -0.2) is 39.5 Å². The van der Waals surface area contributed by atoms with Gasteiger partial charge in [-0.25, -0.2) is 13.4 Å². The van der Waals surface area contributed by atoms with Gasteiger partial charge in [0, 0.05) is 37.2 Å². The number of thioether (sulfide) groups is 1. The van der Waals surface area contributed by atoms with Crippen LogP contribution in [0.3, 0.4) is 0 Å². The van der Waals surface area contributed by atoms with Crippen molar-refractivity contribution in [2.45, 2.75) is 30.8 Å². The van der Waals surface area contributed by atoms with E-state index in [1.54, 1.807) is 29.8 Å². The van der Waals surface area contributed by atoms with Crippen LogP contribution >= 0.6 is 11.8 Å². The first-order valence-electron chi connectivity index (χ1n) is 7.76. The Morgan fingerprint density at radius 3 is 2.60 bits per heavy atom. The molecule has 134 valence electrons. The molecule has 0 N–H and O–H groups in total. The maximum atomic E-state index is 13.0. The van der Waals surface area contributed by atoms with Crippen LogP contribution in [-0.2, 0) is 16.6 Å². The van der Waals surface area contributed by atoms with Gasteiger partial charge in [-0.2, -0.15) is 4.31 Å². The number of nitro groups is 1. The van der Waals surface area contributed by atoms with Gasteiger partial charge in [0.1, 0.15) is 5.82 Å².